The molecule has 3 fully saturated rings. The first-order valence-corrected chi connectivity index (χ1v) is 13.6. The Morgan fingerprint density at radius 3 is 2.33 bits per heavy atom. The van der Waals surface area contributed by atoms with Crippen LogP contribution in [0.1, 0.15) is 24.9 Å². The van der Waals surface area contributed by atoms with Crippen molar-refractivity contribution in [2.24, 2.45) is 5.92 Å². The van der Waals surface area contributed by atoms with Crippen LogP contribution in [0.5, 0.6) is 5.75 Å². The van der Waals surface area contributed by atoms with E-state index in [2.05, 4.69) is 5.43 Å². The molecule has 3 aliphatic rings. The van der Waals surface area contributed by atoms with Gasteiger partial charge in [-0.15, -0.1) is 0 Å². The number of carbonyl (C=O) groups is 3. The summed E-state index contributed by atoms with van der Waals surface area (Å²) < 4.78 is 5.65. The molecule has 2 amide bonds. The lowest BCUT2D eigenvalue weighted by molar-refractivity contribution is -0.139. The predicted molar refractivity (Wildman–Crippen MR) is 150 cm³/mol. The molecule has 11 heteroatoms. The van der Waals surface area contributed by atoms with Crippen LogP contribution < -0.4 is 20.1 Å². The number of imide groups is 1. The zero-order chi connectivity index (χ0) is 28.1. The fraction of sp³-hybridized carbons (Fsp3) is 0.276. The average molecular weight is 581 g/mol. The molecule has 3 aliphatic heterocycles. The van der Waals surface area contributed by atoms with Crippen molar-refractivity contribution in [2.75, 3.05) is 17.0 Å². The summed E-state index contributed by atoms with van der Waals surface area (Å²) in [6, 6.07) is 20.0. The first-order valence-electron chi connectivity index (χ1n) is 12.9. The monoisotopic (exact) mass is 580 g/mol. The van der Waals surface area contributed by atoms with Gasteiger partial charge in [-0.05, 0) is 61.4 Å². The van der Waals surface area contributed by atoms with E-state index < -0.39 is 29.9 Å². The van der Waals surface area contributed by atoms with Crippen LogP contribution in [0.4, 0.5) is 11.4 Å². The van der Waals surface area contributed by atoms with Crippen LogP contribution in [0.25, 0.3) is 0 Å². The smallest absolute Gasteiger partial charge is 0.330 e. The summed E-state index contributed by atoms with van der Waals surface area (Å²) in [7, 11) is 1.81. The number of rotatable bonds is 5. The Kier molecular flexibility index (Phi) is 7.02. The molecule has 3 aromatic carbocycles. The minimum atomic E-state index is -1.03. The first-order chi connectivity index (χ1) is 19.2. The summed E-state index contributed by atoms with van der Waals surface area (Å²) in [4.78, 5) is 47.4. The third-order valence-corrected chi connectivity index (χ3v) is 8.21. The molecule has 6 rings (SSSR count). The molecule has 0 bridgehead atoms. The van der Waals surface area contributed by atoms with Crippen LogP contribution in [-0.4, -0.2) is 48.0 Å². The Morgan fingerprint density at radius 2 is 1.68 bits per heavy atom. The number of benzene rings is 3. The van der Waals surface area contributed by atoms with E-state index in [1.165, 1.54) is 6.07 Å². The number of carbonyl (C=O) groups excluding carboxylic acids is 3. The molecule has 1 N–H and O–H groups in total. The average Bonchev–Trinajstić information content (AvgIpc) is 3.58. The lowest BCUT2D eigenvalue weighted by Gasteiger charge is -2.29. The highest BCUT2D eigenvalue weighted by Gasteiger charge is 2.60. The number of amides is 2. The molecule has 0 spiro atoms. The molecular formula is C29H26Cl2N4O5. The van der Waals surface area contributed by atoms with Crippen molar-refractivity contribution in [3.05, 3.63) is 88.4 Å². The molecule has 3 heterocycles. The highest BCUT2D eigenvalue weighted by atomic mass is 35.5. The van der Waals surface area contributed by atoms with Crippen molar-refractivity contribution in [2.45, 2.75) is 37.6 Å². The van der Waals surface area contributed by atoms with E-state index in [4.69, 9.17) is 32.8 Å². The second-order valence-electron chi connectivity index (χ2n) is 10.2. The van der Waals surface area contributed by atoms with E-state index in [-0.39, 0.29) is 23.1 Å². The number of hydrazine groups is 1. The molecule has 3 aromatic rings. The van der Waals surface area contributed by atoms with Crippen molar-refractivity contribution < 1.29 is 24.0 Å². The molecule has 3 saturated heterocycles. The SMILES string of the molecule is C[C@@H]1C[C@H](C(=O)Oc2ccc([C@@H]3[C@H]4C(=O)N(c5ccc(Cl)c(Cl)c5)C(=O)[C@@H]4ON3c3ccccc3)cc2)N(C)N1. The van der Waals surface area contributed by atoms with Gasteiger partial charge in [0.05, 0.1) is 27.5 Å². The van der Waals surface area contributed by atoms with Crippen molar-refractivity contribution in [1.82, 2.24) is 10.4 Å². The van der Waals surface area contributed by atoms with Gasteiger partial charge in [-0.3, -0.25) is 19.9 Å². The Morgan fingerprint density at radius 1 is 0.950 bits per heavy atom. The summed E-state index contributed by atoms with van der Waals surface area (Å²) in [6.07, 6.45) is -0.384. The number of hydroxylamine groups is 1. The molecule has 5 atom stereocenters. The number of ether oxygens (including phenoxy) is 1. The molecule has 0 aliphatic carbocycles. The van der Waals surface area contributed by atoms with Gasteiger partial charge in [-0.25, -0.2) is 19.8 Å². The third kappa shape index (κ3) is 4.63. The zero-order valence-electron chi connectivity index (χ0n) is 21.7. The van der Waals surface area contributed by atoms with Crippen LogP contribution in [0.2, 0.25) is 10.0 Å². The van der Waals surface area contributed by atoms with Crippen molar-refractivity contribution in [1.29, 1.82) is 0 Å². The molecule has 0 unspecified atom stereocenters. The van der Waals surface area contributed by atoms with Crippen molar-refractivity contribution >= 4 is 52.4 Å². The van der Waals surface area contributed by atoms with Crippen LogP contribution in [0.3, 0.4) is 0 Å². The van der Waals surface area contributed by atoms with E-state index in [0.717, 1.165) is 10.5 Å². The van der Waals surface area contributed by atoms with Crippen LogP contribution >= 0.6 is 23.2 Å². The number of fused-ring (bicyclic) bond motifs is 1. The fourth-order valence-corrected chi connectivity index (χ4v) is 5.88. The number of hydrogen-bond acceptors (Lipinski definition) is 8. The van der Waals surface area contributed by atoms with Crippen LogP contribution in [-0.2, 0) is 19.2 Å². The van der Waals surface area contributed by atoms with E-state index in [0.29, 0.717) is 28.6 Å². The number of nitrogens with zero attached hydrogens (tertiary/aromatic N) is 3. The topological polar surface area (TPSA) is 91.4 Å². The Bertz CT molecular complexity index is 1470. The lowest BCUT2D eigenvalue weighted by atomic mass is 9.90. The molecule has 0 saturated carbocycles. The van der Waals surface area contributed by atoms with E-state index in [9.17, 15) is 14.4 Å². The maximum Gasteiger partial charge on any atom is 0.330 e. The Hall–Kier alpha value is -3.47. The van der Waals surface area contributed by atoms with Gasteiger partial charge in [0, 0.05) is 13.1 Å². The number of esters is 1. The summed E-state index contributed by atoms with van der Waals surface area (Å²) in [6.45, 7) is 2.01. The maximum absolute atomic E-state index is 13.8. The number of nitrogens with one attached hydrogen (secondary N) is 1. The molecule has 40 heavy (non-hydrogen) atoms. The quantitative estimate of drug-likeness (QED) is 0.267. The number of hydrogen-bond donors (Lipinski definition) is 1. The van der Waals surface area contributed by atoms with Gasteiger partial charge in [-0.2, -0.15) is 0 Å². The van der Waals surface area contributed by atoms with Gasteiger partial charge in [0.1, 0.15) is 17.7 Å². The summed E-state index contributed by atoms with van der Waals surface area (Å²) in [5.74, 6) is -1.68. The number of halogens is 2. The zero-order valence-corrected chi connectivity index (χ0v) is 23.2. The first kappa shape index (κ1) is 26.7. The van der Waals surface area contributed by atoms with Crippen molar-refractivity contribution in [3.8, 4) is 5.75 Å². The standard InChI is InChI=1S/C29H26Cl2N4O5/c1-16-14-23(33(2)32-16)29(38)39-20-11-8-17(9-12-20)25-24-26(40-35(25)18-6-4-3-5-7-18)28(37)34(27(24)36)19-10-13-21(30)22(31)15-19/h3-13,15-16,23-26,32H,14H2,1-2H3/t16-,23-,24-,25-,26-/m1/s1. The largest absolute Gasteiger partial charge is 0.425 e. The molecule has 0 aromatic heterocycles. The Balaban J connectivity index is 1.30. The normalized spacial score (nSPS) is 26.4. The number of likely N-dealkylation sites (N-methyl/N-ethyl adjacent to an activating group) is 1. The van der Waals surface area contributed by atoms with E-state index in [1.54, 1.807) is 46.5 Å². The third-order valence-electron chi connectivity index (χ3n) is 7.47. The molecular weight excluding hydrogens is 555 g/mol. The second kappa shape index (κ2) is 10.5. The molecule has 9 nitrogen and oxygen atoms in total. The van der Waals surface area contributed by atoms with Crippen LogP contribution in [0.15, 0.2) is 72.8 Å². The van der Waals surface area contributed by atoms with Gasteiger partial charge in [0.15, 0.2) is 6.10 Å². The van der Waals surface area contributed by atoms with Gasteiger partial charge < -0.3 is 4.74 Å². The van der Waals surface area contributed by atoms with Gasteiger partial charge in [0.2, 0.25) is 5.91 Å². The van der Waals surface area contributed by atoms with E-state index in [1.807, 2.05) is 44.3 Å². The van der Waals surface area contributed by atoms with E-state index >= 15 is 0 Å². The van der Waals surface area contributed by atoms with Crippen molar-refractivity contribution in [3.63, 3.8) is 0 Å². The minimum Gasteiger partial charge on any atom is -0.425 e. The van der Waals surface area contributed by atoms with Gasteiger partial charge >= 0.3 is 5.97 Å². The summed E-state index contributed by atoms with van der Waals surface area (Å²) in [5, 5.41) is 3.93. The Labute approximate surface area is 241 Å². The second-order valence-corrected chi connectivity index (χ2v) is 11.0. The fourth-order valence-electron chi connectivity index (χ4n) is 5.59. The lowest BCUT2D eigenvalue weighted by Crippen LogP contribution is -2.41. The molecule has 206 valence electrons. The predicted octanol–water partition coefficient (Wildman–Crippen LogP) is 4.55. The minimum absolute atomic E-state index is 0.180. The molecule has 0 radical (unpaired) electrons. The number of para-hydroxylation sites is 1. The summed E-state index contributed by atoms with van der Waals surface area (Å²) in [5.41, 5.74) is 4.94. The van der Waals surface area contributed by atoms with Gasteiger partial charge in [-0.1, -0.05) is 53.5 Å². The van der Waals surface area contributed by atoms with Crippen LogP contribution in [0, 0.1) is 5.92 Å². The maximum atomic E-state index is 13.8. The number of anilines is 2. The highest BCUT2D eigenvalue weighted by molar-refractivity contribution is 6.42. The van der Waals surface area contributed by atoms with Gasteiger partial charge in [0.25, 0.3) is 5.91 Å². The highest BCUT2D eigenvalue weighted by Crippen LogP contribution is 2.48. The summed E-state index contributed by atoms with van der Waals surface area (Å²) >= 11 is 12.2.